The number of aliphatic hydroxyl groups is 7. The van der Waals surface area contributed by atoms with Crippen molar-refractivity contribution in [2.24, 2.45) is 0 Å². The summed E-state index contributed by atoms with van der Waals surface area (Å²) in [4.78, 5) is 0. The molecule has 15 rings (SSSR count). The maximum absolute atomic E-state index is 10.9. The number of hydrogen-bond acceptors (Lipinski definition) is 14. The van der Waals surface area contributed by atoms with Crippen LogP contribution < -0.4 is 74.3 Å². The number of aliphatic hydroxyl groups excluding tert-OH is 7. The van der Waals surface area contributed by atoms with Crippen molar-refractivity contribution in [2.45, 2.75) is 240 Å². The minimum absolute atomic E-state index is 0.0139. The molecular weight excluding hydrogens is 1950 g/mol. The summed E-state index contributed by atoms with van der Waals surface area (Å²) in [5.41, 5.74) is 25.9. The van der Waals surface area contributed by atoms with E-state index in [0.29, 0.717) is 107 Å². The van der Waals surface area contributed by atoms with Crippen LogP contribution in [0.3, 0.4) is 0 Å². The van der Waals surface area contributed by atoms with Gasteiger partial charge in [0.2, 0.25) is 0 Å². The Kier molecular flexibility index (Phi) is 45.3. The molecule has 0 saturated carbocycles. The van der Waals surface area contributed by atoms with Crippen molar-refractivity contribution >= 4 is 134 Å². The van der Waals surface area contributed by atoms with Gasteiger partial charge in [-0.3, -0.25) is 0 Å². The van der Waals surface area contributed by atoms with Crippen LogP contribution in [-0.4, -0.2) is 71.5 Å². The monoisotopic (exact) mass is 2110 g/mol. The van der Waals surface area contributed by atoms with Crippen LogP contribution in [0.5, 0.6) is 40.2 Å². The van der Waals surface area contributed by atoms with Crippen LogP contribution in [0.15, 0.2) is 267 Å². The van der Waals surface area contributed by atoms with E-state index in [-0.39, 0.29) is 67.9 Å². The van der Waals surface area contributed by atoms with Crippen LogP contribution in [0.4, 0.5) is 0 Å². The van der Waals surface area contributed by atoms with E-state index in [9.17, 15) is 71.5 Å². The fourth-order valence-corrected chi connectivity index (χ4v) is 25.4. The molecule has 14 nitrogen and oxygen atoms in total. The molecule has 21 heteroatoms. The van der Waals surface area contributed by atoms with E-state index >= 15 is 0 Å². The molecule has 776 valence electrons. The van der Waals surface area contributed by atoms with Crippen molar-refractivity contribution in [3.8, 4) is 40.2 Å². The molecule has 0 fully saturated rings. The Labute approximate surface area is 886 Å². The highest BCUT2D eigenvalue weighted by molar-refractivity contribution is 7.58. The first-order chi connectivity index (χ1) is 69.4. The zero-order valence-corrected chi connectivity index (χ0v) is 96.8. The molecule has 15 aromatic rings. The molecule has 0 aliphatic carbocycles. The molecule has 14 N–H and O–H groups in total. The quantitative estimate of drug-likeness (QED) is 0.0265. The zero-order chi connectivity index (χ0) is 108. The second kappa shape index (κ2) is 55.4. The van der Waals surface area contributed by atoms with Crippen molar-refractivity contribution < 1.29 is 71.5 Å². The Bertz CT molecular complexity index is 6860. The van der Waals surface area contributed by atoms with E-state index < -0.39 is 0 Å². The number of benzene rings is 15. The van der Waals surface area contributed by atoms with Crippen LogP contribution in [0.25, 0.3) is 0 Å². The van der Waals surface area contributed by atoms with Crippen molar-refractivity contribution in [3.63, 3.8) is 0 Å². The topological polar surface area (TPSA) is 283 Å². The molecule has 0 aliphatic rings. The van der Waals surface area contributed by atoms with Crippen molar-refractivity contribution in [1.82, 2.24) is 0 Å². The van der Waals surface area contributed by atoms with Crippen molar-refractivity contribution in [2.75, 3.05) is 0 Å². The maximum Gasteiger partial charge on any atom is 0.127 e. The number of phenols is 7. The first-order valence-corrected chi connectivity index (χ1v) is 56.5. The molecule has 0 radical (unpaired) electrons. The summed E-state index contributed by atoms with van der Waals surface area (Å²) < 4.78 is 0. The SMILES string of the molecule is Cc1ccc(Pc2cc(C(C)(C)C)cc(C(C)(C)C)c2O)c(CO)c1.Cc1ccc(Pc2cc(C(C)(C)C)cc(C)c2O)c(CO)c1.Cc1ccc(Pc2cc(C)cc(C(C)(C)C)c2O)c(CO)c1.Cc1ccc(Pc2cc(C)cc(C)c2O)c(CO)c1.Cc1ccc(Pc2cc(C)ccc2O)c(CO)c1.Cc1ccc(Pc2cccc(C)c2O)c(CO)c1.OCc1ccccc1Pc1cccc(Cc2ccccc2)c1O. The second-order valence-corrected chi connectivity index (χ2v) is 51.2. The molecule has 7 unspecified atom stereocenters. The van der Waals surface area contributed by atoms with Crippen molar-refractivity contribution in [1.29, 1.82) is 0 Å². The Morgan fingerprint density at radius 1 is 0.184 bits per heavy atom. The van der Waals surface area contributed by atoms with Crippen LogP contribution in [0, 0.1) is 83.1 Å². The summed E-state index contributed by atoms with van der Waals surface area (Å²) in [6.45, 7) is 50.0. The summed E-state index contributed by atoms with van der Waals surface area (Å²) in [5, 5.41) is 153. The molecule has 0 aromatic heterocycles. The number of aryl methyl sites for hydroxylation is 12. The third kappa shape index (κ3) is 35.4. The third-order valence-corrected chi connectivity index (χ3v) is 34.8. The van der Waals surface area contributed by atoms with Gasteiger partial charge in [-0.1, -0.05) is 413 Å². The normalized spacial score (nSPS) is 11.9. The van der Waals surface area contributed by atoms with Gasteiger partial charge in [0.1, 0.15) is 40.2 Å². The number of aromatic hydroxyl groups is 7. The van der Waals surface area contributed by atoms with Crippen molar-refractivity contribution in [3.05, 3.63) is 406 Å². The minimum atomic E-state index is -0.127. The Hall–Kier alpha value is -10.4. The summed E-state index contributed by atoms with van der Waals surface area (Å²) >= 11 is 0. The molecule has 0 aliphatic heterocycles. The largest absolute Gasteiger partial charge is 0.507 e. The van der Waals surface area contributed by atoms with E-state index in [2.05, 4.69) is 169 Å². The fourth-order valence-electron chi connectivity index (χ4n) is 16.4. The van der Waals surface area contributed by atoms with Gasteiger partial charge in [-0.2, -0.15) is 0 Å². The van der Waals surface area contributed by atoms with Crippen LogP contribution in [-0.2, 0) is 74.3 Å². The lowest BCUT2D eigenvalue weighted by Gasteiger charge is -2.27. The average Bonchev–Trinajstić information content (AvgIpc) is 0.779. The van der Waals surface area contributed by atoms with E-state index in [0.717, 1.165) is 197 Å². The first kappa shape index (κ1) is 120. The maximum atomic E-state index is 10.9. The Morgan fingerprint density at radius 2 is 0.456 bits per heavy atom. The van der Waals surface area contributed by atoms with Gasteiger partial charge < -0.3 is 71.5 Å². The lowest BCUT2D eigenvalue weighted by Crippen LogP contribution is -2.21. The second-order valence-electron chi connectivity index (χ2n) is 41.9. The van der Waals surface area contributed by atoms with Gasteiger partial charge in [-0.15, -0.1) is 0 Å². The van der Waals surface area contributed by atoms with E-state index in [1.165, 1.54) is 16.7 Å². The summed E-state index contributed by atoms with van der Waals surface area (Å²) in [6, 6.07) is 88.4. The highest BCUT2D eigenvalue weighted by atomic mass is 31.1. The Morgan fingerprint density at radius 3 is 0.844 bits per heavy atom. The van der Waals surface area contributed by atoms with Gasteiger partial charge in [-0.05, 0) is 267 Å². The van der Waals surface area contributed by atoms with Gasteiger partial charge in [-0.25, -0.2) is 0 Å². The lowest BCUT2D eigenvalue weighted by atomic mass is 9.80. The molecule has 7 atom stereocenters. The predicted octanol–water partition coefficient (Wildman–Crippen LogP) is 21.1. The number of hydrogen-bond donors (Lipinski definition) is 14. The number of para-hydroxylation sites is 2. The molecular formula is C126H153O14P7. The molecule has 0 amide bonds. The highest BCUT2D eigenvalue weighted by Crippen LogP contribution is 2.40. The molecule has 15 aromatic carbocycles. The molecule has 0 heterocycles. The molecule has 147 heavy (non-hydrogen) atoms. The summed E-state index contributed by atoms with van der Waals surface area (Å²) in [5.74, 6) is 2.57. The zero-order valence-electron chi connectivity index (χ0n) is 89.8. The molecule has 0 spiro atoms. The Balaban J connectivity index is 0.000000191. The third-order valence-electron chi connectivity index (χ3n) is 24.9. The summed E-state index contributed by atoms with van der Waals surface area (Å²) in [6.07, 6.45) is 0.715. The molecule has 0 bridgehead atoms. The van der Waals surface area contributed by atoms with Gasteiger partial charge in [0, 0.05) is 54.7 Å². The summed E-state index contributed by atoms with van der Waals surface area (Å²) in [7, 11) is 2.41. The molecule has 0 saturated heterocycles. The minimum Gasteiger partial charge on any atom is -0.507 e. The average molecular weight is 2110 g/mol. The van der Waals surface area contributed by atoms with Crippen LogP contribution >= 0.6 is 60.1 Å². The lowest BCUT2D eigenvalue weighted by molar-refractivity contribution is 0.282. The van der Waals surface area contributed by atoms with Gasteiger partial charge >= 0.3 is 0 Å². The smallest absolute Gasteiger partial charge is 0.127 e. The van der Waals surface area contributed by atoms with Crippen LogP contribution in [0.1, 0.15) is 222 Å². The van der Waals surface area contributed by atoms with Crippen LogP contribution in [0.2, 0.25) is 0 Å². The fraction of sp³-hybridized carbons (Fsp3) is 0.286. The first-order valence-electron chi connectivity index (χ1n) is 49.5. The van der Waals surface area contributed by atoms with E-state index in [1.54, 1.807) is 6.07 Å². The van der Waals surface area contributed by atoms with E-state index in [4.69, 9.17) is 0 Å². The highest BCUT2D eigenvalue weighted by Gasteiger charge is 2.28. The number of rotatable bonds is 23. The van der Waals surface area contributed by atoms with E-state index in [1.807, 2.05) is 258 Å². The standard InChI is InChI=1S/C22H31O2P.C20H19O2P.2C19H25O2P.C16H19O2P.2C15H17O2P/c1-14-8-9-18(15(10-14)13-23)25-19-12-16(21(2,3)4)11-17(20(19)24)22(5,6)7;21-14-17-9-4-5-11-18(17)23-19-12-6-10-16(20(19)22)13-15-7-2-1-3-8-15;1-12-6-7-16(14(8-12)11-20)22-17-10-15(19(3,4)5)9-13(2)18(17)21;1-12-6-7-16(14(8-12)11-20)22-17-10-13(2)9-15(18(17)21)19(3,4)5;1-10-4-5-14(13(7-10)9-17)19-15-8-11(2)6-12(3)16(15)18;1-10-4-6-14(12(7-10)9-16)18-15-8-11(2)3-5-13(15)17;1-10-6-7-13(12(8-10)9-16)18-14-5-3-4-11(2)15(14)17/h8-12,23-25H,13H2,1-7H3;1-12,21-23H,13-14H2;2*6-10,20-22H,11H2,1-5H3;4-8,17-19H,9H2,1-3H3;2*3-8,16-18H,9H2,1-2H3. The predicted molar refractivity (Wildman–Crippen MR) is 637 cm³/mol. The van der Waals surface area contributed by atoms with Gasteiger partial charge in [0.05, 0.1) is 46.2 Å². The van der Waals surface area contributed by atoms with Gasteiger partial charge in [0.15, 0.2) is 0 Å². The number of phenolic OH excluding ortho intramolecular Hbond substituents is 7. The van der Waals surface area contributed by atoms with Gasteiger partial charge in [0.25, 0.3) is 0 Å².